The number of aromatic nitrogens is 2. The number of rotatable bonds is 5. The maximum atomic E-state index is 10.6. The van der Waals surface area contributed by atoms with Gasteiger partial charge in [-0.15, -0.1) is 0 Å². The third kappa shape index (κ3) is 3.53. The van der Waals surface area contributed by atoms with Gasteiger partial charge in [0.25, 0.3) is 0 Å². The summed E-state index contributed by atoms with van der Waals surface area (Å²) in [5.74, 6) is -0.0230. The fraction of sp³-hybridized carbons (Fsp3) is 0.500. The summed E-state index contributed by atoms with van der Waals surface area (Å²) in [7, 11) is 0. The first-order chi connectivity index (χ1) is 7.13. The van der Waals surface area contributed by atoms with E-state index < -0.39 is 5.97 Å². The van der Waals surface area contributed by atoms with Crippen LogP contribution in [0.1, 0.15) is 30.8 Å². The molecule has 1 atom stereocenters. The monoisotopic (exact) mass is 209 g/mol. The minimum atomic E-state index is -1.06. The quantitative estimate of drug-likeness (QED) is 0.770. The molecule has 0 aliphatic rings. The Labute approximate surface area is 88.6 Å². The second-order valence-corrected chi connectivity index (χ2v) is 3.49. The van der Waals surface area contributed by atoms with Gasteiger partial charge in [0.1, 0.15) is 5.82 Å². The van der Waals surface area contributed by atoms with Crippen molar-refractivity contribution in [1.29, 1.82) is 0 Å². The third-order valence-electron chi connectivity index (χ3n) is 2.18. The number of carboxylic acids is 1. The van der Waals surface area contributed by atoms with Crippen molar-refractivity contribution in [3.05, 3.63) is 18.1 Å². The zero-order chi connectivity index (χ0) is 11.3. The Morgan fingerprint density at radius 2 is 2.33 bits per heavy atom. The van der Waals surface area contributed by atoms with E-state index in [1.54, 1.807) is 0 Å². The first kappa shape index (κ1) is 11.4. The number of aromatic carboxylic acids is 1. The van der Waals surface area contributed by atoms with Crippen molar-refractivity contribution in [2.45, 2.75) is 20.3 Å². The summed E-state index contributed by atoms with van der Waals surface area (Å²) >= 11 is 0. The zero-order valence-electron chi connectivity index (χ0n) is 8.90. The van der Waals surface area contributed by atoms with E-state index in [0.29, 0.717) is 11.7 Å². The largest absolute Gasteiger partial charge is 0.476 e. The van der Waals surface area contributed by atoms with Crippen molar-refractivity contribution in [3.8, 4) is 0 Å². The van der Waals surface area contributed by atoms with Crippen molar-refractivity contribution in [1.82, 2.24) is 9.97 Å². The highest BCUT2D eigenvalue weighted by atomic mass is 16.4. The molecule has 1 unspecified atom stereocenters. The van der Waals surface area contributed by atoms with Crippen molar-refractivity contribution in [2.24, 2.45) is 5.92 Å². The summed E-state index contributed by atoms with van der Waals surface area (Å²) in [6.07, 6.45) is 3.82. The average Bonchev–Trinajstić information content (AvgIpc) is 2.26. The van der Waals surface area contributed by atoms with Gasteiger partial charge in [-0.2, -0.15) is 0 Å². The van der Waals surface area contributed by atoms with E-state index in [1.807, 2.05) is 0 Å². The molecular formula is C10H15N3O2. The van der Waals surface area contributed by atoms with Crippen LogP contribution in [0.3, 0.4) is 0 Å². The van der Waals surface area contributed by atoms with E-state index in [-0.39, 0.29) is 5.69 Å². The molecule has 2 N–H and O–H groups in total. The van der Waals surface area contributed by atoms with Crippen LogP contribution in [0.5, 0.6) is 0 Å². The highest BCUT2D eigenvalue weighted by molar-refractivity contribution is 5.85. The van der Waals surface area contributed by atoms with Gasteiger partial charge in [0.15, 0.2) is 5.69 Å². The van der Waals surface area contributed by atoms with Crippen molar-refractivity contribution in [2.75, 3.05) is 11.9 Å². The maximum Gasteiger partial charge on any atom is 0.356 e. The SMILES string of the molecule is CCC(C)CNc1cncc(C(=O)O)n1. The van der Waals surface area contributed by atoms with Crippen LogP contribution in [-0.2, 0) is 0 Å². The van der Waals surface area contributed by atoms with Gasteiger partial charge in [-0.25, -0.2) is 9.78 Å². The molecule has 0 radical (unpaired) electrons. The lowest BCUT2D eigenvalue weighted by atomic mass is 10.1. The van der Waals surface area contributed by atoms with Crippen LogP contribution in [0, 0.1) is 5.92 Å². The second-order valence-electron chi connectivity index (χ2n) is 3.49. The fourth-order valence-electron chi connectivity index (χ4n) is 0.977. The smallest absolute Gasteiger partial charge is 0.356 e. The van der Waals surface area contributed by atoms with Gasteiger partial charge in [0.2, 0.25) is 0 Å². The summed E-state index contributed by atoms with van der Waals surface area (Å²) in [6.45, 7) is 4.99. The highest BCUT2D eigenvalue weighted by Crippen LogP contribution is 2.05. The van der Waals surface area contributed by atoms with Gasteiger partial charge in [-0.3, -0.25) is 4.98 Å². The molecule has 0 saturated carbocycles. The molecule has 0 fully saturated rings. The lowest BCUT2D eigenvalue weighted by Crippen LogP contribution is -2.13. The molecule has 0 saturated heterocycles. The van der Waals surface area contributed by atoms with E-state index in [4.69, 9.17) is 5.11 Å². The Bertz CT molecular complexity index is 341. The minimum Gasteiger partial charge on any atom is -0.476 e. The van der Waals surface area contributed by atoms with Crippen LogP contribution in [-0.4, -0.2) is 27.6 Å². The van der Waals surface area contributed by atoms with Crippen molar-refractivity contribution >= 4 is 11.8 Å². The standard InChI is InChI=1S/C10H15N3O2/c1-3-7(2)4-12-9-6-11-5-8(13-9)10(14)15/h5-7H,3-4H2,1-2H3,(H,12,13)(H,14,15). The van der Waals surface area contributed by atoms with Crippen LogP contribution in [0.25, 0.3) is 0 Å². The molecule has 0 aromatic carbocycles. The normalized spacial score (nSPS) is 12.1. The van der Waals surface area contributed by atoms with E-state index in [9.17, 15) is 4.79 Å². The number of nitrogens with one attached hydrogen (secondary N) is 1. The number of hydrogen-bond acceptors (Lipinski definition) is 4. The second kappa shape index (κ2) is 5.29. The van der Waals surface area contributed by atoms with E-state index in [0.717, 1.165) is 13.0 Å². The zero-order valence-corrected chi connectivity index (χ0v) is 8.90. The van der Waals surface area contributed by atoms with Crippen LogP contribution in [0.4, 0.5) is 5.82 Å². The fourth-order valence-corrected chi connectivity index (χ4v) is 0.977. The molecule has 15 heavy (non-hydrogen) atoms. The Balaban J connectivity index is 2.62. The van der Waals surface area contributed by atoms with E-state index >= 15 is 0 Å². The van der Waals surface area contributed by atoms with Gasteiger partial charge in [0.05, 0.1) is 12.4 Å². The Morgan fingerprint density at radius 1 is 1.60 bits per heavy atom. The Morgan fingerprint density at radius 3 is 2.93 bits per heavy atom. The average molecular weight is 209 g/mol. The Hall–Kier alpha value is -1.65. The van der Waals surface area contributed by atoms with E-state index in [1.165, 1.54) is 12.4 Å². The van der Waals surface area contributed by atoms with Crippen LogP contribution >= 0.6 is 0 Å². The van der Waals surface area contributed by atoms with Crippen molar-refractivity contribution in [3.63, 3.8) is 0 Å². The van der Waals surface area contributed by atoms with Crippen LogP contribution < -0.4 is 5.32 Å². The topological polar surface area (TPSA) is 75.1 Å². The number of hydrogen-bond donors (Lipinski definition) is 2. The van der Waals surface area contributed by atoms with Gasteiger partial charge < -0.3 is 10.4 Å². The lowest BCUT2D eigenvalue weighted by Gasteiger charge is -2.10. The third-order valence-corrected chi connectivity index (χ3v) is 2.18. The number of anilines is 1. The molecule has 0 aliphatic carbocycles. The first-order valence-corrected chi connectivity index (χ1v) is 4.92. The number of carboxylic acid groups (broad SMARTS) is 1. The molecule has 0 spiro atoms. The number of nitrogens with zero attached hydrogens (tertiary/aromatic N) is 2. The number of carbonyl (C=O) groups is 1. The molecule has 1 aromatic heterocycles. The molecule has 1 heterocycles. The molecular weight excluding hydrogens is 194 g/mol. The molecule has 0 amide bonds. The molecule has 5 heteroatoms. The molecule has 0 aliphatic heterocycles. The summed E-state index contributed by atoms with van der Waals surface area (Å²) in [4.78, 5) is 18.3. The summed E-state index contributed by atoms with van der Waals surface area (Å²) in [5.41, 5.74) is -0.0378. The maximum absolute atomic E-state index is 10.6. The van der Waals surface area contributed by atoms with Crippen LogP contribution in [0.2, 0.25) is 0 Å². The lowest BCUT2D eigenvalue weighted by molar-refractivity contribution is 0.0690. The summed E-state index contributed by atoms with van der Waals surface area (Å²) < 4.78 is 0. The first-order valence-electron chi connectivity index (χ1n) is 4.92. The molecule has 1 rings (SSSR count). The minimum absolute atomic E-state index is 0.0378. The van der Waals surface area contributed by atoms with Crippen molar-refractivity contribution < 1.29 is 9.90 Å². The van der Waals surface area contributed by atoms with Gasteiger partial charge in [-0.1, -0.05) is 20.3 Å². The molecule has 0 bridgehead atoms. The molecule has 82 valence electrons. The predicted molar refractivity (Wildman–Crippen MR) is 56.9 cm³/mol. The Kier molecular flexibility index (Phi) is 4.03. The predicted octanol–water partition coefficient (Wildman–Crippen LogP) is 1.63. The highest BCUT2D eigenvalue weighted by Gasteiger charge is 2.06. The summed E-state index contributed by atoms with van der Waals surface area (Å²) in [6, 6.07) is 0. The van der Waals surface area contributed by atoms with Gasteiger partial charge >= 0.3 is 5.97 Å². The van der Waals surface area contributed by atoms with Crippen LogP contribution in [0.15, 0.2) is 12.4 Å². The molecule has 5 nitrogen and oxygen atoms in total. The van der Waals surface area contributed by atoms with E-state index in [2.05, 4.69) is 29.1 Å². The molecule has 1 aromatic rings. The summed E-state index contributed by atoms with van der Waals surface area (Å²) in [5, 5.41) is 11.8. The van der Waals surface area contributed by atoms with Gasteiger partial charge in [0, 0.05) is 6.54 Å². The van der Waals surface area contributed by atoms with Gasteiger partial charge in [-0.05, 0) is 5.92 Å².